The number of benzene rings is 1. The van der Waals surface area contributed by atoms with Crippen molar-refractivity contribution in [3.8, 4) is 0 Å². The number of nitrogens with two attached hydrogens (primary N) is 1. The Kier molecular flexibility index (Phi) is 4.98. The first kappa shape index (κ1) is 14.9. The van der Waals surface area contributed by atoms with Crippen LogP contribution in [0.5, 0.6) is 0 Å². The first-order chi connectivity index (χ1) is 9.04. The SMILES string of the molecule is CC(C)N1CCCC(CN)C1c1cc(F)ccc1Br. The Balaban J connectivity index is 2.42. The number of likely N-dealkylation sites (tertiary alicyclic amines) is 1. The minimum Gasteiger partial charge on any atom is -0.330 e. The van der Waals surface area contributed by atoms with Crippen molar-refractivity contribution in [2.75, 3.05) is 13.1 Å². The molecule has 2 nitrogen and oxygen atoms in total. The fourth-order valence-corrected chi connectivity index (χ4v) is 3.58. The van der Waals surface area contributed by atoms with Crippen LogP contribution in [0.1, 0.15) is 38.3 Å². The molecule has 2 atom stereocenters. The summed E-state index contributed by atoms with van der Waals surface area (Å²) in [7, 11) is 0. The predicted octanol–water partition coefficient (Wildman–Crippen LogP) is 3.71. The minimum absolute atomic E-state index is 0.178. The van der Waals surface area contributed by atoms with Crippen molar-refractivity contribution in [1.29, 1.82) is 0 Å². The van der Waals surface area contributed by atoms with Crippen LogP contribution >= 0.6 is 15.9 Å². The maximum absolute atomic E-state index is 13.6. The summed E-state index contributed by atoms with van der Waals surface area (Å²) < 4.78 is 14.6. The second-order valence-corrected chi connectivity index (χ2v) is 6.43. The molecule has 0 bridgehead atoms. The average molecular weight is 329 g/mol. The highest BCUT2D eigenvalue weighted by Crippen LogP contribution is 2.39. The van der Waals surface area contributed by atoms with Crippen LogP contribution in [0.4, 0.5) is 4.39 Å². The molecule has 0 amide bonds. The van der Waals surface area contributed by atoms with E-state index in [1.807, 2.05) is 0 Å². The summed E-state index contributed by atoms with van der Waals surface area (Å²) in [6.07, 6.45) is 2.29. The zero-order chi connectivity index (χ0) is 14.0. The van der Waals surface area contributed by atoms with Crippen molar-refractivity contribution < 1.29 is 4.39 Å². The molecule has 0 aromatic heterocycles. The van der Waals surface area contributed by atoms with Crippen LogP contribution in [0, 0.1) is 11.7 Å². The number of piperidine rings is 1. The minimum atomic E-state index is -0.178. The smallest absolute Gasteiger partial charge is 0.123 e. The number of hydrogen-bond acceptors (Lipinski definition) is 2. The molecule has 0 saturated carbocycles. The Morgan fingerprint density at radius 1 is 1.47 bits per heavy atom. The molecule has 4 heteroatoms. The van der Waals surface area contributed by atoms with E-state index < -0.39 is 0 Å². The summed E-state index contributed by atoms with van der Waals surface area (Å²) in [5.74, 6) is 0.220. The van der Waals surface area contributed by atoms with Gasteiger partial charge >= 0.3 is 0 Å². The third-order valence-corrected chi connectivity index (χ3v) is 4.76. The largest absolute Gasteiger partial charge is 0.330 e. The van der Waals surface area contributed by atoms with Gasteiger partial charge in [-0.05, 0) is 69.5 Å². The molecule has 2 N–H and O–H groups in total. The molecule has 1 fully saturated rings. The molecule has 1 aromatic rings. The van der Waals surface area contributed by atoms with Gasteiger partial charge in [0.15, 0.2) is 0 Å². The van der Waals surface area contributed by atoms with Crippen molar-refractivity contribution in [3.05, 3.63) is 34.1 Å². The molecular weight excluding hydrogens is 307 g/mol. The Labute approximate surface area is 123 Å². The van der Waals surface area contributed by atoms with E-state index in [-0.39, 0.29) is 11.9 Å². The number of rotatable bonds is 3. The van der Waals surface area contributed by atoms with Gasteiger partial charge in [-0.3, -0.25) is 4.90 Å². The van der Waals surface area contributed by atoms with E-state index in [9.17, 15) is 4.39 Å². The first-order valence-corrected chi connectivity index (χ1v) is 7.74. The van der Waals surface area contributed by atoms with Crippen LogP contribution in [0.15, 0.2) is 22.7 Å². The zero-order valence-electron chi connectivity index (χ0n) is 11.6. The highest BCUT2D eigenvalue weighted by atomic mass is 79.9. The third-order valence-electron chi connectivity index (χ3n) is 4.04. The maximum Gasteiger partial charge on any atom is 0.123 e. The van der Waals surface area contributed by atoms with Crippen LogP contribution in [0.25, 0.3) is 0 Å². The van der Waals surface area contributed by atoms with Crippen molar-refractivity contribution in [3.63, 3.8) is 0 Å². The predicted molar refractivity (Wildman–Crippen MR) is 80.5 cm³/mol. The highest BCUT2D eigenvalue weighted by Gasteiger charge is 2.34. The highest BCUT2D eigenvalue weighted by molar-refractivity contribution is 9.10. The van der Waals surface area contributed by atoms with Gasteiger partial charge in [-0.1, -0.05) is 15.9 Å². The molecule has 0 spiro atoms. The van der Waals surface area contributed by atoms with Gasteiger partial charge in [-0.2, -0.15) is 0 Å². The quantitative estimate of drug-likeness (QED) is 0.916. The van der Waals surface area contributed by atoms with E-state index in [4.69, 9.17) is 5.73 Å². The van der Waals surface area contributed by atoms with E-state index in [0.717, 1.165) is 23.0 Å². The van der Waals surface area contributed by atoms with Crippen molar-refractivity contribution in [2.45, 2.75) is 38.8 Å². The fraction of sp³-hybridized carbons (Fsp3) is 0.600. The Morgan fingerprint density at radius 2 is 2.21 bits per heavy atom. The summed E-state index contributed by atoms with van der Waals surface area (Å²) in [4.78, 5) is 2.44. The molecule has 1 aromatic carbocycles. The van der Waals surface area contributed by atoms with Crippen LogP contribution in [-0.4, -0.2) is 24.0 Å². The van der Waals surface area contributed by atoms with Crippen LogP contribution < -0.4 is 5.73 Å². The fourth-order valence-electron chi connectivity index (χ4n) is 3.10. The molecule has 19 heavy (non-hydrogen) atoms. The third kappa shape index (κ3) is 3.18. The molecule has 1 aliphatic heterocycles. The summed E-state index contributed by atoms with van der Waals surface area (Å²) in [6.45, 7) is 6.09. The molecule has 1 saturated heterocycles. The number of hydrogen-bond donors (Lipinski definition) is 1. The van der Waals surface area contributed by atoms with Gasteiger partial charge in [0.25, 0.3) is 0 Å². The van der Waals surface area contributed by atoms with Gasteiger partial charge in [-0.25, -0.2) is 4.39 Å². The lowest BCUT2D eigenvalue weighted by Crippen LogP contribution is -2.45. The zero-order valence-corrected chi connectivity index (χ0v) is 13.2. The molecule has 0 aliphatic carbocycles. The van der Waals surface area contributed by atoms with Gasteiger partial charge in [0.2, 0.25) is 0 Å². The van der Waals surface area contributed by atoms with Gasteiger partial charge in [0, 0.05) is 16.6 Å². The number of halogens is 2. The molecule has 0 radical (unpaired) electrons. The first-order valence-electron chi connectivity index (χ1n) is 6.95. The van der Waals surface area contributed by atoms with Gasteiger partial charge in [0.1, 0.15) is 5.82 Å². The standard InChI is InChI=1S/C15H22BrFN2/c1-10(2)19-7-3-4-11(9-18)15(19)13-8-12(17)5-6-14(13)16/h5-6,8,10-11,15H,3-4,7,9,18H2,1-2H3. The lowest BCUT2D eigenvalue weighted by molar-refractivity contribution is 0.0659. The van der Waals surface area contributed by atoms with Crippen molar-refractivity contribution >= 4 is 15.9 Å². The van der Waals surface area contributed by atoms with E-state index in [1.54, 1.807) is 12.1 Å². The summed E-state index contributed by atoms with van der Waals surface area (Å²) in [5.41, 5.74) is 6.98. The van der Waals surface area contributed by atoms with E-state index in [0.29, 0.717) is 18.5 Å². The molecule has 1 heterocycles. The number of nitrogens with zero attached hydrogens (tertiary/aromatic N) is 1. The monoisotopic (exact) mass is 328 g/mol. The van der Waals surface area contributed by atoms with Crippen molar-refractivity contribution in [1.82, 2.24) is 4.90 Å². The van der Waals surface area contributed by atoms with Crippen molar-refractivity contribution in [2.24, 2.45) is 11.7 Å². The average Bonchev–Trinajstić information content (AvgIpc) is 2.40. The van der Waals surface area contributed by atoms with Crippen LogP contribution in [0.2, 0.25) is 0 Å². The van der Waals surface area contributed by atoms with Crippen LogP contribution in [-0.2, 0) is 0 Å². The maximum atomic E-state index is 13.6. The Morgan fingerprint density at radius 3 is 2.84 bits per heavy atom. The summed E-state index contributed by atoms with van der Waals surface area (Å²) in [6, 6.07) is 5.59. The van der Waals surface area contributed by atoms with Crippen LogP contribution in [0.3, 0.4) is 0 Å². The Bertz CT molecular complexity index is 436. The molecular formula is C15H22BrFN2. The second kappa shape index (κ2) is 6.33. The molecule has 2 unspecified atom stereocenters. The summed E-state index contributed by atoms with van der Waals surface area (Å²) >= 11 is 3.57. The normalized spacial score (nSPS) is 24.9. The molecule has 1 aliphatic rings. The lowest BCUT2D eigenvalue weighted by Gasteiger charge is -2.44. The summed E-state index contributed by atoms with van der Waals surface area (Å²) in [5, 5.41) is 0. The molecule has 2 rings (SSSR count). The molecule has 106 valence electrons. The van der Waals surface area contributed by atoms with E-state index in [2.05, 4.69) is 34.7 Å². The van der Waals surface area contributed by atoms with Gasteiger partial charge < -0.3 is 5.73 Å². The van der Waals surface area contributed by atoms with E-state index >= 15 is 0 Å². The van der Waals surface area contributed by atoms with Gasteiger partial charge in [-0.15, -0.1) is 0 Å². The van der Waals surface area contributed by atoms with E-state index in [1.165, 1.54) is 12.5 Å². The Hall–Kier alpha value is -0.450. The topological polar surface area (TPSA) is 29.3 Å². The second-order valence-electron chi connectivity index (χ2n) is 5.58. The van der Waals surface area contributed by atoms with Gasteiger partial charge in [0.05, 0.1) is 0 Å². The lowest BCUT2D eigenvalue weighted by atomic mass is 9.84.